The molecule has 0 unspecified atom stereocenters. The average molecular weight is 345 g/mol. The molecule has 2 heterocycles. The first kappa shape index (κ1) is 16.6. The average Bonchev–Trinajstić information content (AvgIpc) is 3.14. The Balaban J connectivity index is 1.21. The van der Waals surface area contributed by atoms with Gasteiger partial charge in [0.1, 0.15) is 6.10 Å². The van der Waals surface area contributed by atoms with E-state index in [9.17, 15) is 4.79 Å². The lowest BCUT2D eigenvalue weighted by atomic mass is 10.1. The van der Waals surface area contributed by atoms with E-state index in [0.717, 1.165) is 31.4 Å². The van der Waals surface area contributed by atoms with E-state index in [4.69, 9.17) is 9.47 Å². The Morgan fingerprint density at radius 3 is 2.76 bits per heavy atom. The third kappa shape index (κ3) is 4.42. The van der Waals surface area contributed by atoms with Crippen LogP contribution in [0.3, 0.4) is 0 Å². The Labute approximate surface area is 148 Å². The second kappa shape index (κ2) is 7.60. The predicted octanol–water partition coefficient (Wildman–Crippen LogP) is 2.77. The number of ether oxygens (including phenoxy) is 2. The van der Waals surface area contributed by atoms with Gasteiger partial charge in [-0.1, -0.05) is 6.07 Å². The summed E-state index contributed by atoms with van der Waals surface area (Å²) in [6.45, 7) is 1.21. The molecule has 0 bridgehead atoms. The van der Waals surface area contributed by atoms with Crippen LogP contribution in [0.15, 0.2) is 18.3 Å². The molecule has 2 amide bonds. The molecule has 1 aliphatic heterocycles. The van der Waals surface area contributed by atoms with E-state index in [1.54, 1.807) is 6.20 Å². The zero-order valence-electron chi connectivity index (χ0n) is 14.6. The molecule has 3 aliphatic rings. The first-order chi connectivity index (χ1) is 12.3. The second-order valence-corrected chi connectivity index (χ2v) is 7.42. The highest BCUT2D eigenvalue weighted by Gasteiger charge is 2.41. The lowest BCUT2D eigenvalue weighted by molar-refractivity contribution is 0.0825. The lowest BCUT2D eigenvalue weighted by Gasteiger charge is -2.19. The van der Waals surface area contributed by atoms with Gasteiger partial charge in [0, 0.05) is 25.4 Å². The second-order valence-electron chi connectivity index (χ2n) is 7.42. The summed E-state index contributed by atoms with van der Waals surface area (Å²) in [5.41, 5.74) is 0.968. The van der Waals surface area contributed by atoms with Crippen LogP contribution in [0.5, 0.6) is 5.88 Å². The number of aromatic nitrogens is 1. The Bertz CT molecular complexity index is 582. The molecule has 25 heavy (non-hydrogen) atoms. The number of nitrogens with zero attached hydrogens (tertiary/aromatic N) is 1. The smallest absolute Gasteiger partial charge is 0.315 e. The van der Waals surface area contributed by atoms with Crippen molar-refractivity contribution in [2.45, 2.75) is 69.7 Å². The minimum Gasteiger partial charge on any atom is -0.474 e. The molecule has 1 saturated heterocycles. The summed E-state index contributed by atoms with van der Waals surface area (Å²) in [6.07, 6.45) is 10.4. The first-order valence-corrected chi connectivity index (χ1v) is 9.55. The maximum atomic E-state index is 12.1. The van der Waals surface area contributed by atoms with Gasteiger partial charge in [-0.25, -0.2) is 9.78 Å². The molecule has 2 atom stereocenters. The van der Waals surface area contributed by atoms with Crippen molar-refractivity contribution in [2.24, 2.45) is 5.92 Å². The van der Waals surface area contributed by atoms with E-state index in [2.05, 4.69) is 15.6 Å². The van der Waals surface area contributed by atoms with E-state index in [-0.39, 0.29) is 18.2 Å². The normalized spacial score (nSPS) is 26.6. The Morgan fingerprint density at radius 1 is 1.20 bits per heavy atom. The number of pyridine rings is 1. The van der Waals surface area contributed by atoms with Gasteiger partial charge in [-0.15, -0.1) is 0 Å². The molecule has 1 aromatic heterocycles. The molecule has 0 spiro atoms. The third-order valence-electron chi connectivity index (χ3n) is 5.38. The van der Waals surface area contributed by atoms with Crippen molar-refractivity contribution in [3.05, 3.63) is 23.9 Å². The van der Waals surface area contributed by atoms with Crippen LogP contribution in [0.1, 0.15) is 50.5 Å². The number of hydrogen-bond acceptors (Lipinski definition) is 4. The van der Waals surface area contributed by atoms with E-state index in [1.807, 2.05) is 12.1 Å². The van der Waals surface area contributed by atoms with Crippen molar-refractivity contribution in [1.82, 2.24) is 15.6 Å². The SMILES string of the molecule is O=C(NCc1ccc(OC2CCCC2)nc1)N[C@H]1CCO[C@H]1C1CC1. The van der Waals surface area contributed by atoms with Crippen molar-refractivity contribution < 1.29 is 14.3 Å². The molecule has 6 nitrogen and oxygen atoms in total. The number of nitrogens with one attached hydrogen (secondary N) is 2. The van der Waals surface area contributed by atoms with Crippen molar-refractivity contribution >= 4 is 6.03 Å². The summed E-state index contributed by atoms with van der Waals surface area (Å²) in [4.78, 5) is 16.5. The zero-order chi connectivity index (χ0) is 17.1. The molecule has 0 radical (unpaired) electrons. The molecule has 1 aromatic rings. The minimum atomic E-state index is -0.132. The van der Waals surface area contributed by atoms with E-state index >= 15 is 0 Å². The Hall–Kier alpha value is -1.82. The highest BCUT2D eigenvalue weighted by molar-refractivity contribution is 5.74. The zero-order valence-corrected chi connectivity index (χ0v) is 14.6. The van der Waals surface area contributed by atoms with Crippen LogP contribution in [0, 0.1) is 5.92 Å². The van der Waals surface area contributed by atoms with Crippen molar-refractivity contribution in [3.8, 4) is 5.88 Å². The minimum absolute atomic E-state index is 0.132. The molecular formula is C19H27N3O3. The van der Waals surface area contributed by atoms with Crippen LogP contribution in [0.4, 0.5) is 4.79 Å². The fourth-order valence-electron chi connectivity index (χ4n) is 3.82. The van der Waals surface area contributed by atoms with Crippen molar-refractivity contribution in [1.29, 1.82) is 0 Å². The van der Waals surface area contributed by atoms with Gasteiger partial charge < -0.3 is 20.1 Å². The van der Waals surface area contributed by atoms with E-state index in [1.165, 1.54) is 25.7 Å². The van der Waals surface area contributed by atoms with E-state index in [0.29, 0.717) is 24.4 Å². The van der Waals surface area contributed by atoms with Crippen molar-refractivity contribution in [2.75, 3.05) is 6.61 Å². The highest BCUT2D eigenvalue weighted by atomic mass is 16.5. The summed E-state index contributed by atoms with van der Waals surface area (Å²) in [6, 6.07) is 3.87. The van der Waals surface area contributed by atoms with Gasteiger partial charge in [0.15, 0.2) is 0 Å². The van der Waals surface area contributed by atoms with E-state index < -0.39 is 0 Å². The number of hydrogen-bond donors (Lipinski definition) is 2. The molecule has 2 saturated carbocycles. The van der Waals surface area contributed by atoms with Crippen LogP contribution in [-0.4, -0.2) is 35.9 Å². The summed E-state index contributed by atoms with van der Waals surface area (Å²) in [7, 11) is 0. The topological polar surface area (TPSA) is 72.5 Å². The molecule has 6 heteroatoms. The Morgan fingerprint density at radius 2 is 2.04 bits per heavy atom. The Kier molecular flexibility index (Phi) is 5.06. The molecule has 136 valence electrons. The van der Waals surface area contributed by atoms with Crippen molar-refractivity contribution in [3.63, 3.8) is 0 Å². The molecule has 2 N–H and O–H groups in total. The summed E-state index contributed by atoms with van der Waals surface area (Å²) < 4.78 is 11.6. The lowest BCUT2D eigenvalue weighted by Crippen LogP contribution is -2.46. The first-order valence-electron chi connectivity index (χ1n) is 9.55. The van der Waals surface area contributed by atoms with Gasteiger partial charge in [-0.05, 0) is 56.4 Å². The fraction of sp³-hybridized carbons (Fsp3) is 0.684. The van der Waals surface area contributed by atoms with Gasteiger partial charge in [0.25, 0.3) is 0 Å². The quantitative estimate of drug-likeness (QED) is 0.831. The maximum absolute atomic E-state index is 12.1. The van der Waals surface area contributed by atoms with Gasteiger partial charge in [0.2, 0.25) is 5.88 Å². The summed E-state index contributed by atoms with van der Waals surface area (Å²) in [5, 5.41) is 5.97. The molecule has 3 fully saturated rings. The standard InChI is InChI=1S/C19H27N3O3/c23-19(22-16-9-10-24-18(16)14-6-7-14)21-12-13-5-8-17(20-11-13)25-15-3-1-2-4-15/h5,8,11,14-16,18H,1-4,6-7,9-10,12H2,(H2,21,22,23)/t16-,18-/m0/s1. The van der Waals surface area contributed by atoms with Gasteiger partial charge >= 0.3 is 6.03 Å². The van der Waals surface area contributed by atoms with Crippen LogP contribution in [-0.2, 0) is 11.3 Å². The molecule has 0 aromatic carbocycles. The number of carbonyl (C=O) groups excluding carboxylic acids is 1. The van der Waals surface area contributed by atoms with Crippen LogP contribution in [0.25, 0.3) is 0 Å². The highest BCUT2D eigenvalue weighted by Crippen LogP contribution is 2.38. The van der Waals surface area contributed by atoms with Crippen LogP contribution >= 0.6 is 0 Å². The predicted molar refractivity (Wildman–Crippen MR) is 93.4 cm³/mol. The molecule has 4 rings (SSSR count). The van der Waals surface area contributed by atoms with Gasteiger partial charge in [-0.2, -0.15) is 0 Å². The summed E-state index contributed by atoms with van der Waals surface area (Å²) >= 11 is 0. The molecule has 2 aliphatic carbocycles. The number of rotatable bonds is 6. The fourth-order valence-corrected chi connectivity index (χ4v) is 3.82. The number of urea groups is 1. The number of carbonyl (C=O) groups is 1. The summed E-state index contributed by atoms with van der Waals surface area (Å²) in [5.74, 6) is 1.32. The molecular weight excluding hydrogens is 318 g/mol. The number of amides is 2. The largest absolute Gasteiger partial charge is 0.474 e. The van der Waals surface area contributed by atoms with Crippen LogP contribution in [0.2, 0.25) is 0 Å². The monoisotopic (exact) mass is 345 g/mol. The van der Waals surface area contributed by atoms with Crippen LogP contribution < -0.4 is 15.4 Å². The maximum Gasteiger partial charge on any atom is 0.315 e. The van der Waals surface area contributed by atoms with Gasteiger partial charge in [0.05, 0.1) is 12.1 Å². The third-order valence-corrected chi connectivity index (χ3v) is 5.38. The van der Waals surface area contributed by atoms with Gasteiger partial charge in [-0.3, -0.25) is 0 Å².